The zero-order chi connectivity index (χ0) is 19.5. The monoisotopic (exact) mass is 571 g/mol. The van der Waals surface area contributed by atoms with Crippen LogP contribution in [0.1, 0.15) is 18.4 Å². The normalized spacial score (nSPS) is 12.9. The Morgan fingerprint density at radius 1 is 0.833 bits per heavy atom. The Kier molecular flexibility index (Phi) is 6.25. The van der Waals surface area contributed by atoms with Gasteiger partial charge in [-0.2, -0.15) is 11.2 Å². The van der Waals surface area contributed by atoms with Crippen LogP contribution in [0.15, 0.2) is 90.2 Å². The molecular weight excluding hydrogens is 551 g/mol. The summed E-state index contributed by atoms with van der Waals surface area (Å²) in [5, 5.41) is 4.34. The smallest absolute Gasteiger partial charge is 0.352 e. The minimum Gasteiger partial charge on any atom is -0.352 e. The van der Waals surface area contributed by atoms with E-state index in [2.05, 4.69) is 63.5 Å². The van der Waals surface area contributed by atoms with Crippen molar-refractivity contribution in [3.05, 3.63) is 103 Å². The zero-order valence-corrected chi connectivity index (χ0v) is 18.6. The van der Waals surface area contributed by atoms with Crippen molar-refractivity contribution >= 4 is 22.8 Å². The second kappa shape index (κ2) is 9.23. The fourth-order valence-electron chi connectivity index (χ4n) is 3.62. The molecule has 0 fully saturated rings. The number of para-hydroxylation sites is 1. The second-order valence-corrected chi connectivity index (χ2v) is 6.92. The molecule has 4 aromatic rings. The molecule has 0 radical (unpaired) electrons. The number of aromatic nitrogens is 2. The first-order chi connectivity index (χ1) is 14.4. The minimum atomic E-state index is 0. The van der Waals surface area contributed by atoms with E-state index < -0.39 is 0 Å². The molecule has 4 nitrogen and oxygen atoms in total. The number of hydrogen-bond acceptors (Lipinski definition) is 3. The average Bonchev–Trinajstić information content (AvgIpc) is 3.50. The number of rotatable bonds is 5. The molecule has 1 aliphatic heterocycles. The Morgan fingerprint density at radius 2 is 1.63 bits per heavy atom. The van der Waals surface area contributed by atoms with Crippen molar-refractivity contribution in [1.29, 1.82) is 0 Å². The molecule has 0 amide bonds. The Hall–Kier alpha value is -2.97. The van der Waals surface area contributed by atoms with E-state index in [0.29, 0.717) is 0 Å². The van der Waals surface area contributed by atoms with Gasteiger partial charge in [0.2, 0.25) is 0 Å². The standard InChI is InChI=1S/C25H20N4.Pt/c1-2-9-21(10-3-1)29(23-12-4-8-20(18-23)25-14-6-15-26-25)24-13-5-11-22(19-24)28-17-7-16-27-28;/h1-5,7-13,16-17H,6,14-15H2;/q-2;+2. The van der Waals surface area contributed by atoms with Gasteiger partial charge in [0.1, 0.15) is 0 Å². The van der Waals surface area contributed by atoms with Crippen molar-refractivity contribution in [3.8, 4) is 5.69 Å². The van der Waals surface area contributed by atoms with E-state index >= 15 is 0 Å². The Morgan fingerprint density at radius 3 is 2.37 bits per heavy atom. The van der Waals surface area contributed by atoms with Crippen LogP contribution >= 0.6 is 0 Å². The van der Waals surface area contributed by atoms with Gasteiger partial charge in [0, 0.05) is 24.6 Å². The molecule has 0 saturated heterocycles. The number of aliphatic imine (C=N–C) groups is 1. The van der Waals surface area contributed by atoms with Gasteiger partial charge in [-0.25, -0.2) is 0 Å². The van der Waals surface area contributed by atoms with Gasteiger partial charge in [0.15, 0.2) is 0 Å². The summed E-state index contributed by atoms with van der Waals surface area (Å²) in [7, 11) is 0. The largest absolute Gasteiger partial charge is 2.00 e. The average molecular weight is 572 g/mol. The van der Waals surface area contributed by atoms with E-state index in [-0.39, 0.29) is 21.1 Å². The van der Waals surface area contributed by atoms with Crippen molar-refractivity contribution in [1.82, 2.24) is 9.78 Å². The van der Waals surface area contributed by atoms with Crippen LogP contribution in [0.4, 0.5) is 17.1 Å². The van der Waals surface area contributed by atoms with Gasteiger partial charge < -0.3 is 9.89 Å². The molecule has 0 aliphatic carbocycles. The van der Waals surface area contributed by atoms with E-state index in [0.717, 1.165) is 53.4 Å². The third-order valence-corrected chi connectivity index (χ3v) is 4.98. The maximum Gasteiger partial charge on any atom is 2.00 e. The van der Waals surface area contributed by atoms with Crippen LogP contribution in [0.25, 0.3) is 5.69 Å². The molecule has 0 saturated carbocycles. The summed E-state index contributed by atoms with van der Waals surface area (Å²) in [6.45, 7) is 0.912. The van der Waals surface area contributed by atoms with Crippen molar-refractivity contribution in [3.63, 3.8) is 0 Å². The Labute approximate surface area is 191 Å². The topological polar surface area (TPSA) is 33.4 Å². The van der Waals surface area contributed by atoms with Gasteiger partial charge in [0.25, 0.3) is 0 Å². The van der Waals surface area contributed by atoms with Crippen molar-refractivity contribution < 1.29 is 21.1 Å². The first-order valence-corrected chi connectivity index (χ1v) is 9.82. The maximum absolute atomic E-state index is 4.65. The third-order valence-electron chi connectivity index (χ3n) is 4.98. The Balaban J connectivity index is 0.00000218. The summed E-state index contributed by atoms with van der Waals surface area (Å²) in [5.74, 6) is 0. The molecule has 5 heteroatoms. The summed E-state index contributed by atoms with van der Waals surface area (Å²) >= 11 is 0. The van der Waals surface area contributed by atoms with Gasteiger partial charge in [-0.15, -0.1) is 48.0 Å². The van der Waals surface area contributed by atoms with E-state index in [1.54, 1.807) is 6.20 Å². The zero-order valence-electron chi connectivity index (χ0n) is 16.3. The number of benzene rings is 3. The number of anilines is 3. The van der Waals surface area contributed by atoms with E-state index in [4.69, 9.17) is 0 Å². The first-order valence-electron chi connectivity index (χ1n) is 9.82. The van der Waals surface area contributed by atoms with Crippen molar-refractivity contribution in [2.45, 2.75) is 12.8 Å². The van der Waals surface area contributed by atoms with E-state index in [1.807, 2.05) is 47.3 Å². The van der Waals surface area contributed by atoms with Gasteiger partial charge in [-0.05, 0) is 48.1 Å². The Bertz CT molecular complexity index is 1140. The van der Waals surface area contributed by atoms with Gasteiger partial charge in [0.05, 0.1) is 0 Å². The van der Waals surface area contributed by atoms with Crippen molar-refractivity contribution in [2.75, 3.05) is 11.4 Å². The van der Waals surface area contributed by atoms with Crippen LogP contribution in [0.3, 0.4) is 0 Å². The fourth-order valence-corrected chi connectivity index (χ4v) is 3.62. The summed E-state index contributed by atoms with van der Waals surface area (Å²) in [6, 6.07) is 31.7. The number of hydrogen-bond donors (Lipinski definition) is 0. The van der Waals surface area contributed by atoms with Crippen LogP contribution in [0.2, 0.25) is 0 Å². The molecule has 1 aliphatic rings. The fraction of sp³-hybridized carbons (Fsp3) is 0.120. The number of nitrogens with zero attached hydrogens (tertiary/aromatic N) is 4. The molecule has 2 heterocycles. The van der Waals surface area contributed by atoms with Crippen LogP contribution in [-0.2, 0) is 21.1 Å². The molecule has 0 N–H and O–H groups in total. The maximum atomic E-state index is 4.65. The predicted octanol–water partition coefficient (Wildman–Crippen LogP) is 5.52. The van der Waals surface area contributed by atoms with Crippen molar-refractivity contribution in [2.24, 2.45) is 4.99 Å². The second-order valence-electron chi connectivity index (χ2n) is 6.92. The molecule has 30 heavy (non-hydrogen) atoms. The predicted molar refractivity (Wildman–Crippen MR) is 117 cm³/mol. The molecule has 150 valence electrons. The quantitative estimate of drug-likeness (QED) is 0.296. The molecule has 0 spiro atoms. The van der Waals surface area contributed by atoms with E-state index in [1.165, 1.54) is 0 Å². The van der Waals surface area contributed by atoms with Gasteiger partial charge in [-0.3, -0.25) is 4.68 Å². The van der Waals surface area contributed by atoms with Crippen LogP contribution in [-0.4, -0.2) is 22.0 Å². The summed E-state index contributed by atoms with van der Waals surface area (Å²) < 4.78 is 1.82. The molecular formula is C25H20N4Pt. The molecule has 1 aromatic heterocycles. The van der Waals surface area contributed by atoms with Crippen LogP contribution in [0, 0.1) is 12.1 Å². The first kappa shape index (κ1) is 20.3. The summed E-state index contributed by atoms with van der Waals surface area (Å²) in [4.78, 5) is 6.82. The molecule has 3 aromatic carbocycles. The summed E-state index contributed by atoms with van der Waals surface area (Å²) in [6.07, 6.45) is 5.84. The molecule has 5 rings (SSSR count). The summed E-state index contributed by atoms with van der Waals surface area (Å²) in [5.41, 5.74) is 6.08. The van der Waals surface area contributed by atoms with E-state index in [9.17, 15) is 0 Å². The third kappa shape index (κ3) is 4.15. The van der Waals surface area contributed by atoms with Crippen LogP contribution in [0.5, 0.6) is 0 Å². The SMILES string of the molecule is [Pt+2].[c-]1c(C2=NCCC2)cccc1N(c1[c-]c(-n2cccn2)ccc1)c1ccccc1. The minimum absolute atomic E-state index is 0. The molecule has 0 bridgehead atoms. The molecule has 0 unspecified atom stereocenters. The van der Waals surface area contributed by atoms with Gasteiger partial charge in [-0.1, -0.05) is 23.9 Å². The van der Waals surface area contributed by atoms with Crippen LogP contribution < -0.4 is 4.90 Å². The molecule has 0 atom stereocenters. The van der Waals surface area contributed by atoms with Gasteiger partial charge >= 0.3 is 21.1 Å².